The van der Waals surface area contributed by atoms with E-state index in [0.29, 0.717) is 32.9 Å². The van der Waals surface area contributed by atoms with Gasteiger partial charge in [-0.15, -0.1) is 0 Å². The average molecular weight is 272 g/mol. The van der Waals surface area contributed by atoms with E-state index >= 15 is 0 Å². The molecule has 0 bridgehead atoms. The number of nitrogens with zero attached hydrogens (tertiary/aromatic N) is 1. The van der Waals surface area contributed by atoms with Crippen molar-refractivity contribution in [1.29, 1.82) is 0 Å². The van der Waals surface area contributed by atoms with Crippen molar-refractivity contribution in [2.45, 2.75) is 31.4 Å². The van der Waals surface area contributed by atoms with Crippen LogP contribution in [0, 0.1) is 0 Å². The number of amides is 2. The van der Waals surface area contributed by atoms with Crippen LogP contribution in [0.5, 0.6) is 0 Å². The van der Waals surface area contributed by atoms with Crippen LogP contribution in [0.2, 0.25) is 0 Å². The highest BCUT2D eigenvalue weighted by Gasteiger charge is 2.30. The molecule has 2 saturated heterocycles. The minimum absolute atomic E-state index is 0.0104. The third kappa shape index (κ3) is 4.07. The predicted molar refractivity (Wildman–Crippen MR) is 65.9 cm³/mol. The lowest BCUT2D eigenvalue weighted by atomic mass is 10.1. The Labute approximate surface area is 111 Å². The summed E-state index contributed by atoms with van der Waals surface area (Å²) in [4.78, 5) is 24.3. The Morgan fingerprint density at radius 2 is 2.21 bits per heavy atom. The fourth-order valence-corrected chi connectivity index (χ4v) is 2.47. The number of carbonyl (C=O) groups is 2. The van der Waals surface area contributed by atoms with Crippen LogP contribution < -0.4 is 5.32 Å². The van der Waals surface area contributed by atoms with Gasteiger partial charge >= 0.3 is 12.0 Å². The van der Waals surface area contributed by atoms with Crippen LogP contribution in [0.3, 0.4) is 0 Å². The van der Waals surface area contributed by atoms with Gasteiger partial charge in [0.1, 0.15) is 0 Å². The number of carboxylic acids is 1. The third-order valence-electron chi connectivity index (χ3n) is 3.41. The number of carboxylic acid groups (broad SMARTS) is 1. The van der Waals surface area contributed by atoms with Gasteiger partial charge in [-0.25, -0.2) is 4.79 Å². The highest BCUT2D eigenvalue weighted by atomic mass is 16.6. The van der Waals surface area contributed by atoms with Crippen molar-refractivity contribution in [3.8, 4) is 0 Å². The summed E-state index contributed by atoms with van der Waals surface area (Å²) in [5.74, 6) is -0.867. The van der Waals surface area contributed by atoms with Gasteiger partial charge in [0.05, 0.1) is 32.3 Å². The first-order valence-electron chi connectivity index (χ1n) is 6.62. The Morgan fingerprint density at radius 1 is 1.37 bits per heavy atom. The first-order chi connectivity index (χ1) is 9.16. The van der Waals surface area contributed by atoms with Gasteiger partial charge in [-0.3, -0.25) is 4.79 Å². The number of carbonyl (C=O) groups excluding carboxylic acids is 1. The Hall–Kier alpha value is -1.34. The van der Waals surface area contributed by atoms with Crippen molar-refractivity contribution in [1.82, 2.24) is 10.2 Å². The molecule has 0 spiro atoms. The molecule has 108 valence electrons. The molecule has 7 heteroatoms. The third-order valence-corrected chi connectivity index (χ3v) is 3.41. The van der Waals surface area contributed by atoms with E-state index in [0.717, 1.165) is 12.8 Å². The molecule has 0 saturated carbocycles. The number of aliphatic carboxylic acids is 1. The number of hydrogen-bond donors (Lipinski definition) is 2. The lowest BCUT2D eigenvalue weighted by molar-refractivity contribution is -0.137. The standard InChI is InChI=1S/C12H20N2O5/c15-11(16)6-9-2-1-3-14(9)12(17)13-7-10-8-18-4-5-19-10/h9-10H,1-8H2,(H,13,17)(H,15,16). The summed E-state index contributed by atoms with van der Waals surface area (Å²) in [7, 11) is 0. The molecule has 2 rings (SSSR count). The van der Waals surface area contributed by atoms with Crippen molar-refractivity contribution in [3.05, 3.63) is 0 Å². The van der Waals surface area contributed by atoms with E-state index in [9.17, 15) is 9.59 Å². The molecular weight excluding hydrogens is 252 g/mol. The fraction of sp³-hybridized carbons (Fsp3) is 0.833. The quantitative estimate of drug-likeness (QED) is 0.755. The van der Waals surface area contributed by atoms with Crippen LogP contribution in [0.15, 0.2) is 0 Å². The van der Waals surface area contributed by atoms with E-state index in [1.165, 1.54) is 0 Å². The molecule has 2 aliphatic heterocycles. The van der Waals surface area contributed by atoms with Crippen molar-refractivity contribution < 1.29 is 24.2 Å². The lowest BCUT2D eigenvalue weighted by Crippen LogP contribution is -2.47. The largest absolute Gasteiger partial charge is 0.481 e. The summed E-state index contributed by atoms with van der Waals surface area (Å²) >= 11 is 0. The molecule has 0 aromatic heterocycles. The number of nitrogens with one attached hydrogen (secondary N) is 1. The maximum Gasteiger partial charge on any atom is 0.317 e. The maximum absolute atomic E-state index is 12.0. The number of ether oxygens (including phenoxy) is 2. The molecule has 0 aliphatic carbocycles. The monoisotopic (exact) mass is 272 g/mol. The van der Waals surface area contributed by atoms with Gasteiger partial charge in [-0.05, 0) is 12.8 Å². The summed E-state index contributed by atoms with van der Waals surface area (Å²) in [6, 6.07) is -0.404. The van der Waals surface area contributed by atoms with Crippen LogP contribution in [-0.4, -0.2) is 67.1 Å². The Morgan fingerprint density at radius 3 is 2.89 bits per heavy atom. The SMILES string of the molecule is O=C(O)CC1CCCN1C(=O)NCC1COCCO1. The van der Waals surface area contributed by atoms with Crippen LogP contribution in [0.4, 0.5) is 4.79 Å². The van der Waals surface area contributed by atoms with Crippen LogP contribution in [-0.2, 0) is 14.3 Å². The van der Waals surface area contributed by atoms with E-state index in [2.05, 4.69) is 5.32 Å². The molecule has 0 aromatic rings. The number of rotatable bonds is 4. The van der Waals surface area contributed by atoms with Gasteiger partial charge < -0.3 is 24.8 Å². The first kappa shape index (κ1) is 14.1. The van der Waals surface area contributed by atoms with Gasteiger partial charge in [0.25, 0.3) is 0 Å². The van der Waals surface area contributed by atoms with Crippen LogP contribution >= 0.6 is 0 Å². The van der Waals surface area contributed by atoms with Crippen molar-refractivity contribution in [2.75, 3.05) is 32.9 Å². The molecule has 2 N–H and O–H groups in total. The second kappa shape index (κ2) is 6.72. The Kier molecular flexibility index (Phi) is 4.98. The predicted octanol–water partition coefficient (Wildman–Crippen LogP) is 0.0505. The van der Waals surface area contributed by atoms with E-state index in [1.54, 1.807) is 4.90 Å². The summed E-state index contributed by atoms with van der Waals surface area (Å²) in [6.07, 6.45) is 1.51. The average Bonchev–Trinajstić information content (AvgIpc) is 2.84. The molecule has 2 amide bonds. The molecule has 19 heavy (non-hydrogen) atoms. The number of hydrogen-bond acceptors (Lipinski definition) is 4. The summed E-state index contributed by atoms with van der Waals surface area (Å²) in [6.45, 7) is 2.64. The zero-order valence-electron chi connectivity index (χ0n) is 10.8. The molecule has 2 fully saturated rings. The second-order valence-corrected chi connectivity index (χ2v) is 4.84. The van der Waals surface area contributed by atoms with E-state index in [1.807, 2.05) is 0 Å². The molecular formula is C12H20N2O5. The van der Waals surface area contributed by atoms with Crippen LogP contribution in [0.1, 0.15) is 19.3 Å². The molecule has 2 unspecified atom stereocenters. The van der Waals surface area contributed by atoms with E-state index in [4.69, 9.17) is 14.6 Å². The van der Waals surface area contributed by atoms with Gasteiger partial charge in [0.2, 0.25) is 0 Å². The zero-order chi connectivity index (χ0) is 13.7. The van der Waals surface area contributed by atoms with Gasteiger partial charge in [-0.2, -0.15) is 0 Å². The Balaban J connectivity index is 1.76. The van der Waals surface area contributed by atoms with Crippen molar-refractivity contribution >= 4 is 12.0 Å². The molecule has 2 atom stereocenters. The Bertz CT molecular complexity index is 330. The van der Waals surface area contributed by atoms with Gasteiger partial charge in [-0.1, -0.05) is 0 Å². The van der Waals surface area contributed by atoms with Crippen molar-refractivity contribution in [3.63, 3.8) is 0 Å². The maximum atomic E-state index is 12.0. The van der Waals surface area contributed by atoms with Gasteiger partial charge in [0.15, 0.2) is 0 Å². The van der Waals surface area contributed by atoms with E-state index in [-0.39, 0.29) is 24.6 Å². The summed E-state index contributed by atoms with van der Waals surface area (Å²) < 4.78 is 10.7. The minimum atomic E-state index is -0.867. The minimum Gasteiger partial charge on any atom is -0.481 e. The second-order valence-electron chi connectivity index (χ2n) is 4.84. The fourth-order valence-electron chi connectivity index (χ4n) is 2.47. The highest BCUT2D eigenvalue weighted by Crippen LogP contribution is 2.20. The number of likely N-dealkylation sites (tertiary alicyclic amines) is 1. The molecule has 0 aromatic carbocycles. The first-order valence-corrected chi connectivity index (χ1v) is 6.62. The number of urea groups is 1. The summed E-state index contributed by atoms with van der Waals surface area (Å²) in [5.41, 5.74) is 0. The molecule has 7 nitrogen and oxygen atoms in total. The molecule has 2 heterocycles. The molecule has 0 radical (unpaired) electrons. The zero-order valence-corrected chi connectivity index (χ0v) is 10.8. The smallest absolute Gasteiger partial charge is 0.317 e. The summed E-state index contributed by atoms with van der Waals surface area (Å²) in [5, 5.41) is 11.6. The molecule has 2 aliphatic rings. The highest BCUT2D eigenvalue weighted by molar-refractivity contribution is 5.76. The lowest BCUT2D eigenvalue weighted by Gasteiger charge is -2.27. The van der Waals surface area contributed by atoms with Gasteiger partial charge in [0, 0.05) is 19.1 Å². The van der Waals surface area contributed by atoms with Crippen LogP contribution in [0.25, 0.3) is 0 Å². The van der Waals surface area contributed by atoms with Crippen molar-refractivity contribution in [2.24, 2.45) is 0 Å². The normalized spacial score (nSPS) is 27.3. The van der Waals surface area contributed by atoms with E-state index < -0.39 is 5.97 Å². The topological polar surface area (TPSA) is 88.1 Å².